The van der Waals surface area contributed by atoms with Crippen LogP contribution in [0.15, 0.2) is 17.5 Å². The van der Waals surface area contributed by atoms with Crippen LogP contribution >= 0.6 is 11.3 Å². The van der Waals surface area contributed by atoms with Crippen molar-refractivity contribution in [2.75, 3.05) is 0 Å². The third-order valence-corrected chi connectivity index (χ3v) is 4.76. The van der Waals surface area contributed by atoms with E-state index in [1.54, 1.807) is 11.3 Å². The van der Waals surface area contributed by atoms with Crippen molar-refractivity contribution >= 4 is 17.2 Å². The van der Waals surface area contributed by atoms with E-state index in [1.165, 1.54) is 11.3 Å². The van der Waals surface area contributed by atoms with Crippen LogP contribution in [-0.4, -0.2) is 11.4 Å². The fourth-order valence-corrected chi connectivity index (χ4v) is 3.39. The van der Waals surface area contributed by atoms with Crippen LogP contribution in [0.2, 0.25) is 0 Å². The summed E-state index contributed by atoms with van der Waals surface area (Å²) in [5.41, 5.74) is 6.03. The van der Waals surface area contributed by atoms with E-state index >= 15 is 0 Å². The molecule has 1 aliphatic carbocycles. The molecule has 1 unspecified atom stereocenters. The highest BCUT2D eigenvalue weighted by Crippen LogP contribution is 2.29. The zero-order valence-electron chi connectivity index (χ0n) is 10.9. The van der Waals surface area contributed by atoms with Crippen LogP contribution in [0.4, 0.5) is 0 Å². The van der Waals surface area contributed by atoms with Gasteiger partial charge < -0.3 is 11.1 Å². The van der Waals surface area contributed by atoms with Crippen LogP contribution in [0, 0.1) is 0 Å². The summed E-state index contributed by atoms with van der Waals surface area (Å²) in [6.45, 7) is 2.02. The van der Waals surface area contributed by atoms with Gasteiger partial charge in [-0.05, 0) is 31.2 Å². The van der Waals surface area contributed by atoms with Gasteiger partial charge in [-0.3, -0.25) is 4.79 Å². The van der Waals surface area contributed by atoms with Gasteiger partial charge in [-0.15, -0.1) is 11.3 Å². The van der Waals surface area contributed by atoms with Gasteiger partial charge in [-0.1, -0.05) is 25.3 Å². The molecular weight excluding hydrogens is 244 g/mol. The molecule has 0 bridgehead atoms. The van der Waals surface area contributed by atoms with Gasteiger partial charge in [0.1, 0.15) is 0 Å². The van der Waals surface area contributed by atoms with Gasteiger partial charge in [0.2, 0.25) is 5.91 Å². The molecule has 1 saturated carbocycles. The van der Waals surface area contributed by atoms with Gasteiger partial charge in [0.15, 0.2) is 0 Å². The quantitative estimate of drug-likeness (QED) is 0.880. The van der Waals surface area contributed by atoms with Gasteiger partial charge >= 0.3 is 0 Å². The standard InChI is InChI=1S/C14H22N2OS/c1-11(12-6-5-9-18-12)16-13(17)10-14(15)7-3-2-4-8-14/h5-6,9,11H,2-4,7-8,10,15H2,1H3,(H,16,17). The molecule has 1 fully saturated rings. The van der Waals surface area contributed by atoms with Gasteiger partial charge in [0, 0.05) is 16.8 Å². The molecule has 3 nitrogen and oxygen atoms in total. The number of nitrogens with one attached hydrogen (secondary N) is 1. The van der Waals surface area contributed by atoms with Crippen molar-refractivity contribution in [3.05, 3.63) is 22.4 Å². The van der Waals surface area contributed by atoms with E-state index in [9.17, 15) is 4.79 Å². The Hall–Kier alpha value is -0.870. The lowest BCUT2D eigenvalue weighted by Crippen LogP contribution is -2.46. The lowest BCUT2D eigenvalue weighted by molar-refractivity contribution is -0.123. The molecule has 1 aromatic rings. The van der Waals surface area contributed by atoms with E-state index in [0.29, 0.717) is 6.42 Å². The lowest BCUT2D eigenvalue weighted by Gasteiger charge is -2.33. The number of carbonyl (C=O) groups excluding carboxylic acids is 1. The van der Waals surface area contributed by atoms with Crippen LogP contribution in [0.25, 0.3) is 0 Å². The van der Waals surface area contributed by atoms with Crippen LogP contribution in [-0.2, 0) is 4.79 Å². The van der Waals surface area contributed by atoms with E-state index in [1.807, 2.05) is 18.4 Å². The van der Waals surface area contributed by atoms with Crippen molar-refractivity contribution in [2.45, 2.75) is 57.0 Å². The topological polar surface area (TPSA) is 55.1 Å². The third kappa shape index (κ3) is 3.56. The molecule has 1 aromatic heterocycles. The lowest BCUT2D eigenvalue weighted by atomic mass is 9.80. The monoisotopic (exact) mass is 266 g/mol. The van der Waals surface area contributed by atoms with E-state index in [0.717, 1.165) is 25.7 Å². The molecular formula is C14H22N2OS. The SMILES string of the molecule is CC(NC(=O)CC1(N)CCCCC1)c1cccs1. The van der Waals surface area contributed by atoms with Crippen LogP contribution in [0.5, 0.6) is 0 Å². The second-order valence-corrected chi connectivity index (χ2v) is 6.38. The number of hydrogen-bond donors (Lipinski definition) is 2. The Morgan fingerprint density at radius 2 is 2.22 bits per heavy atom. The molecule has 0 spiro atoms. The second kappa shape index (κ2) is 5.85. The van der Waals surface area contributed by atoms with Crippen LogP contribution in [0.1, 0.15) is 56.4 Å². The summed E-state index contributed by atoms with van der Waals surface area (Å²) < 4.78 is 0. The Kier molecular flexibility index (Phi) is 4.40. The molecule has 2 rings (SSSR count). The first-order valence-corrected chi connectivity index (χ1v) is 7.59. The third-order valence-electron chi connectivity index (χ3n) is 3.71. The van der Waals surface area contributed by atoms with Crippen molar-refractivity contribution < 1.29 is 4.79 Å². The summed E-state index contributed by atoms with van der Waals surface area (Å²) in [5.74, 6) is 0.0836. The predicted molar refractivity (Wildman–Crippen MR) is 75.5 cm³/mol. The van der Waals surface area contributed by atoms with E-state index in [-0.39, 0.29) is 17.5 Å². The molecule has 100 valence electrons. The summed E-state index contributed by atoms with van der Waals surface area (Å²) in [6.07, 6.45) is 5.99. The summed E-state index contributed by atoms with van der Waals surface area (Å²) in [7, 11) is 0. The minimum absolute atomic E-state index is 0.0836. The molecule has 1 aliphatic rings. The van der Waals surface area contributed by atoms with Crippen molar-refractivity contribution in [1.82, 2.24) is 5.32 Å². The molecule has 0 saturated heterocycles. The first-order valence-electron chi connectivity index (χ1n) is 6.71. The van der Waals surface area contributed by atoms with Gasteiger partial charge in [0.25, 0.3) is 0 Å². The maximum Gasteiger partial charge on any atom is 0.222 e. The summed E-state index contributed by atoms with van der Waals surface area (Å²) in [6, 6.07) is 4.15. The highest BCUT2D eigenvalue weighted by atomic mass is 32.1. The zero-order valence-corrected chi connectivity index (χ0v) is 11.8. The van der Waals surface area contributed by atoms with Crippen molar-refractivity contribution in [2.24, 2.45) is 5.73 Å². The highest BCUT2D eigenvalue weighted by Gasteiger charge is 2.30. The largest absolute Gasteiger partial charge is 0.349 e. The average Bonchev–Trinajstić information content (AvgIpc) is 2.82. The zero-order chi connectivity index (χ0) is 13.0. The van der Waals surface area contributed by atoms with E-state index in [2.05, 4.69) is 11.4 Å². The Bertz CT molecular complexity index is 383. The molecule has 1 atom stereocenters. The van der Waals surface area contributed by atoms with Crippen molar-refractivity contribution in [1.29, 1.82) is 0 Å². The van der Waals surface area contributed by atoms with E-state index in [4.69, 9.17) is 5.73 Å². The smallest absolute Gasteiger partial charge is 0.222 e. The fraction of sp³-hybridized carbons (Fsp3) is 0.643. The summed E-state index contributed by atoms with van der Waals surface area (Å²) >= 11 is 1.67. The van der Waals surface area contributed by atoms with Crippen LogP contribution in [0.3, 0.4) is 0 Å². The van der Waals surface area contributed by atoms with Gasteiger partial charge in [-0.25, -0.2) is 0 Å². The minimum Gasteiger partial charge on any atom is -0.349 e. The first kappa shape index (κ1) is 13.6. The first-order chi connectivity index (χ1) is 8.59. The number of amides is 1. The Morgan fingerprint density at radius 3 is 2.83 bits per heavy atom. The Labute approximate surface area is 113 Å². The molecule has 0 aliphatic heterocycles. The van der Waals surface area contributed by atoms with Crippen molar-refractivity contribution in [3.63, 3.8) is 0 Å². The highest BCUT2D eigenvalue weighted by molar-refractivity contribution is 7.10. The molecule has 0 radical (unpaired) electrons. The van der Waals surface area contributed by atoms with Gasteiger partial charge in [-0.2, -0.15) is 0 Å². The number of rotatable bonds is 4. The normalized spacial score (nSPS) is 20.3. The number of thiophene rings is 1. The summed E-state index contributed by atoms with van der Waals surface area (Å²) in [4.78, 5) is 13.2. The van der Waals surface area contributed by atoms with Gasteiger partial charge in [0.05, 0.1) is 6.04 Å². The molecule has 1 amide bonds. The number of nitrogens with two attached hydrogens (primary N) is 1. The molecule has 4 heteroatoms. The van der Waals surface area contributed by atoms with Crippen molar-refractivity contribution in [3.8, 4) is 0 Å². The molecule has 18 heavy (non-hydrogen) atoms. The molecule has 1 heterocycles. The maximum absolute atomic E-state index is 12.0. The average molecular weight is 266 g/mol. The second-order valence-electron chi connectivity index (χ2n) is 5.40. The predicted octanol–water partition coefficient (Wildman–Crippen LogP) is 2.98. The van der Waals surface area contributed by atoms with Crippen LogP contribution < -0.4 is 11.1 Å². The fourth-order valence-electron chi connectivity index (χ4n) is 2.65. The Balaban J connectivity index is 1.84. The van der Waals surface area contributed by atoms with E-state index < -0.39 is 0 Å². The summed E-state index contributed by atoms with van der Waals surface area (Å²) in [5, 5.41) is 5.08. The number of hydrogen-bond acceptors (Lipinski definition) is 3. The minimum atomic E-state index is -0.266. The maximum atomic E-state index is 12.0. The molecule has 0 aromatic carbocycles. The molecule has 3 N–H and O–H groups in total. The number of carbonyl (C=O) groups is 1. The Morgan fingerprint density at radius 1 is 1.50 bits per heavy atom.